The van der Waals surface area contributed by atoms with Crippen molar-refractivity contribution in [1.82, 2.24) is 10.6 Å². The fraction of sp³-hybridized carbons (Fsp3) is 0.188. The number of ether oxygens (including phenoxy) is 1. The molecule has 27 heavy (non-hydrogen) atoms. The molecule has 0 atom stereocenters. The predicted octanol–water partition coefficient (Wildman–Crippen LogP) is 0.418. The molecule has 2 aromatic rings. The first-order chi connectivity index (χ1) is 12.7. The number of hydrogen-bond acceptors (Lipinski definition) is 7. The summed E-state index contributed by atoms with van der Waals surface area (Å²) < 4.78 is 32.5. The maximum atomic E-state index is 12.1. The number of nitrogens with one attached hydrogen (secondary N) is 2. The molecule has 0 aliphatic carbocycles. The molecule has 10 nitrogen and oxygen atoms in total. The van der Waals surface area contributed by atoms with Crippen LogP contribution in [0, 0.1) is 6.92 Å². The van der Waals surface area contributed by atoms with Crippen molar-refractivity contribution >= 4 is 27.9 Å². The third-order valence-corrected chi connectivity index (χ3v) is 4.26. The van der Waals surface area contributed by atoms with Gasteiger partial charge in [-0.15, -0.1) is 0 Å². The Morgan fingerprint density at radius 3 is 2.59 bits per heavy atom. The molecule has 1 heterocycles. The number of hydrogen-bond donors (Lipinski definition) is 3. The summed E-state index contributed by atoms with van der Waals surface area (Å²) in [5.74, 6) is -1.29. The Morgan fingerprint density at radius 1 is 1.22 bits per heavy atom. The fourth-order valence-corrected chi connectivity index (χ4v) is 2.53. The number of primary sulfonamides is 1. The second-order valence-electron chi connectivity index (χ2n) is 5.41. The molecule has 11 heteroatoms. The van der Waals surface area contributed by atoms with Gasteiger partial charge >= 0.3 is 12.0 Å². The van der Waals surface area contributed by atoms with Gasteiger partial charge in [0.1, 0.15) is 5.76 Å². The monoisotopic (exact) mass is 395 g/mol. The van der Waals surface area contributed by atoms with Gasteiger partial charge < -0.3 is 14.5 Å². The predicted molar refractivity (Wildman–Crippen MR) is 91.9 cm³/mol. The third kappa shape index (κ3) is 5.94. The summed E-state index contributed by atoms with van der Waals surface area (Å²) in [6.45, 7) is 0.906. The van der Waals surface area contributed by atoms with Crippen LogP contribution >= 0.6 is 0 Å². The van der Waals surface area contributed by atoms with Crippen LogP contribution < -0.4 is 15.8 Å². The highest BCUT2D eigenvalue weighted by Crippen LogP contribution is 2.15. The molecule has 4 N–H and O–H groups in total. The summed E-state index contributed by atoms with van der Waals surface area (Å²) in [5.41, 5.74) is 0.376. The van der Waals surface area contributed by atoms with Crippen molar-refractivity contribution in [2.24, 2.45) is 5.14 Å². The lowest BCUT2D eigenvalue weighted by Gasteiger charge is -2.09. The van der Waals surface area contributed by atoms with Crippen LogP contribution in [0.3, 0.4) is 0 Å². The molecule has 1 aromatic heterocycles. The molecule has 0 spiro atoms. The molecular weight excluding hydrogens is 378 g/mol. The van der Waals surface area contributed by atoms with E-state index in [4.69, 9.17) is 14.3 Å². The molecule has 0 saturated heterocycles. The van der Waals surface area contributed by atoms with Gasteiger partial charge in [-0.2, -0.15) is 0 Å². The topological polar surface area (TPSA) is 158 Å². The van der Waals surface area contributed by atoms with Crippen molar-refractivity contribution < 1.29 is 32.0 Å². The van der Waals surface area contributed by atoms with E-state index in [-0.39, 0.29) is 17.0 Å². The van der Waals surface area contributed by atoms with Crippen molar-refractivity contribution in [3.8, 4) is 0 Å². The minimum absolute atomic E-state index is 0.0587. The maximum absolute atomic E-state index is 12.1. The van der Waals surface area contributed by atoms with Crippen LogP contribution in [0.4, 0.5) is 4.79 Å². The largest absolute Gasteiger partial charge is 0.467 e. The summed E-state index contributed by atoms with van der Waals surface area (Å²) in [4.78, 5) is 35.0. The lowest BCUT2D eigenvalue weighted by atomic mass is 10.1. The zero-order chi connectivity index (χ0) is 20.0. The van der Waals surface area contributed by atoms with Gasteiger partial charge in [0.05, 0.1) is 23.3 Å². The van der Waals surface area contributed by atoms with Crippen molar-refractivity contribution in [3.05, 3.63) is 53.5 Å². The Balaban J connectivity index is 1.87. The molecular formula is C16H17N3O7S. The molecule has 0 aliphatic heterocycles. The van der Waals surface area contributed by atoms with Gasteiger partial charge in [0, 0.05) is 0 Å². The molecule has 1 aromatic carbocycles. The quantitative estimate of drug-likeness (QED) is 0.598. The van der Waals surface area contributed by atoms with Crippen LogP contribution in [-0.2, 0) is 26.1 Å². The highest BCUT2D eigenvalue weighted by molar-refractivity contribution is 7.89. The first kappa shape index (κ1) is 20.1. The van der Waals surface area contributed by atoms with E-state index >= 15 is 0 Å². The minimum Gasteiger partial charge on any atom is -0.467 e. The number of esters is 1. The van der Waals surface area contributed by atoms with E-state index in [0.29, 0.717) is 11.3 Å². The van der Waals surface area contributed by atoms with Crippen molar-refractivity contribution in [2.45, 2.75) is 18.4 Å². The lowest BCUT2D eigenvalue weighted by molar-refractivity contribution is -0.123. The summed E-state index contributed by atoms with van der Waals surface area (Å²) in [6.07, 6.45) is 1.44. The normalized spacial score (nSPS) is 10.9. The number of carbonyl (C=O) groups is 3. The number of rotatable bonds is 6. The lowest BCUT2D eigenvalue weighted by Crippen LogP contribution is -2.41. The number of sulfonamides is 1. The average Bonchev–Trinajstić information content (AvgIpc) is 3.11. The van der Waals surface area contributed by atoms with Crippen LogP contribution in [0.25, 0.3) is 0 Å². The highest BCUT2D eigenvalue weighted by atomic mass is 32.2. The first-order valence-electron chi connectivity index (χ1n) is 7.57. The van der Waals surface area contributed by atoms with Crippen molar-refractivity contribution in [3.63, 3.8) is 0 Å². The van der Waals surface area contributed by atoms with Crippen LogP contribution in [0.2, 0.25) is 0 Å². The second kappa shape index (κ2) is 8.47. The Bertz CT molecular complexity index is 952. The van der Waals surface area contributed by atoms with Crippen LogP contribution in [0.1, 0.15) is 21.7 Å². The second-order valence-corrected chi connectivity index (χ2v) is 6.97. The smallest absolute Gasteiger partial charge is 0.338 e. The van der Waals surface area contributed by atoms with E-state index in [9.17, 15) is 22.8 Å². The fourth-order valence-electron chi connectivity index (χ4n) is 1.99. The van der Waals surface area contributed by atoms with E-state index in [1.54, 1.807) is 19.1 Å². The summed E-state index contributed by atoms with van der Waals surface area (Å²) in [6, 6.07) is 6.19. The molecule has 0 radical (unpaired) electrons. The van der Waals surface area contributed by atoms with E-state index < -0.39 is 34.5 Å². The van der Waals surface area contributed by atoms with Gasteiger partial charge in [0.2, 0.25) is 10.0 Å². The Labute approximate surface area is 154 Å². The third-order valence-electron chi connectivity index (χ3n) is 3.35. The summed E-state index contributed by atoms with van der Waals surface area (Å²) in [7, 11) is -4.00. The minimum atomic E-state index is -4.00. The molecule has 3 amide bonds. The van der Waals surface area contributed by atoms with Crippen molar-refractivity contribution in [1.29, 1.82) is 0 Å². The number of aryl methyl sites for hydroxylation is 1. The standard InChI is InChI=1S/C16H17N3O7S/c1-10-4-5-12(27(17,23)24)7-13(10)15(21)26-9-14(20)19-16(22)18-8-11-3-2-6-25-11/h2-7H,8-9H2,1H3,(H2,17,23,24)(H2,18,19,20,22). The maximum Gasteiger partial charge on any atom is 0.338 e. The number of furan rings is 1. The average molecular weight is 395 g/mol. The van der Waals surface area contributed by atoms with Gasteiger partial charge in [-0.25, -0.2) is 23.1 Å². The van der Waals surface area contributed by atoms with Gasteiger partial charge in [-0.1, -0.05) is 6.07 Å². The number of nitrogens with two attached hydrogens (primary N) is 1. The number of amides is 3. The van der Waals surface area contributed by atoms with Crippen LogP contribution in [0.5, 0.6) is 0 Å². The number of benzene rings is 1. The highest BCUT2D eigenvalue weighted by Gasteiger charge is 2.17. The Kier molecular flexibility index (Phi) is 6.32. The number of carbonyl (C=O) groups excluding carboxylic acids is 3. The molecule has 2 rings (SSSR count). The van der Waals surface area contributed by atoms with Crippen LogP contribution in [-0.4, -0.2) is 32.9 Å². The molecule has 0 bridgehead atoms. The summed E-state index contributed by atoms with van der Waals surface area (Å²) >= 11 is 0. The zero-order valence-electron chi connectivity index (χ0n) is 14.2. The van der Waals surface area contributed by atoms with Gasteiger partial charge in [-0.3, -0.25) is 10.1 Å². The molecule has 0 saturated carbocycles. The van der Waals surface area contributed by atoms with E-state index in [1.165, 1.54) is 18.4 Å². The number of imide groups is 1. The first-order valence-corrected chi connectivity index (χ1v) is 9.12. The van der Waals surface area contributed by atoms with Gasteiger partial charge in [0.25, 0.3) is 5.91 Å². The zero-order valence-corrected chi connectivity index (χ0v) is 15.0. The van der Waals surface area contributed by atoms with Gasteiger partial charge in [0.15, 0.2) is 6.61 Å². The Hall–Kier alpha value is -3.18. The van der Waals surface area contributed by atoms with E-state index in [2.05, 4.69) is 5.32 Å². The molecule has 0 aliphatic rings. The number of urea groups is 1. The molecule has 0 fully saturated rings. The molecule has 0 unspecified atom stereocenters. The SMILES string of the molecule is Cc1ccc(S(N)(=O)=O)cc1C(=O)OCC(=O)NC(=O)NCc1ccco1. The summed E-state index contributed by atoms with van der Waals surface area (Å²) in [5, 5.41) is 9.38. The van der Waals surface area contributed by atoms with E-state index in [0.717, 1.165) is 6.07 Å². The van der Waals surface area contributed by atoms with Crippen molar-refractivity contribution in [2.75, 3.05) is 6.61 Å². The van der Waals surface area contributed by atoms with Gasteiger partial charge in [-0.05, 0) is 36.8 Å². The van der Waals surface area contributed by atoms with E-state index in [1.807, 2.05) is 5.32 Å². The van der Waals surface area contributed by atoms with Crippen LogP contribution in [0.15, 0.2) is 45.9 Å². The Morgan fingerprint density at radius 2 is 1.96 bits per heavy atom. The molecule has 144 valence electrons.